The van der Waals surface area contributed by atoms with Crippen LogP contribution < -0.4 is 15.4 Å². The third-order valence-corrected chi connectivity index (χ3v) is 5.37. The number of piperazine rings is 1. The van der Waals surface area contributed by atoms with E-state index in [4.69, 9.17) is 4.74 Å². The lowest BCUT2D eigenvalue weighted by Crippen LogP contribution is -2.49. The van der Waals surface area contributed by atoms with E-state index in [0.29, 0.717) is 18.2 Å². The Morgan fingerprint density at radius 3 is 2.45 bits per heavy atom. The topological polar surface area (TPSA) is 52.1 Å². The van der Waals surface area contributed by atoms with Crippen molar-refractivity contribution in [3.05, 3.63) is 30.1 Å². The zero-order valence-electron chi connectivity index (χ0n) is 18.5. The van der Waals surface area contributed by atoms with Gasteiger partial charge in [0.1, 0.15) is 17.7 Å². The molecular formula is C22H38FN5O. The Bertz CT molecular complexity index is 619. The fraction of sp³-hybridized carbons (Fsp3) is 0.682. The Morgan fingerprint density at radius 2 is 1.83 bits per heavy atom. The van der Waals surface area contributed by atoms with E-state index in [0.717, 1.165) is 45.1 Å². The standard InChI is InChI=1S/C22H38FN5O/c1-5-20(29-21-9-7-8-19(23)14-21)16-26-22(24-4)25-15-18(3)17-28-12-10-27(6-2)11-13-28/h7-9,14,18,20H,5-6,10-13,15-17H2,1-4H3,(H2,24,25,26). The van der Waals surface area contributed by atoms with E-state index in [2.05, 4.69) is 46.2 Å². The molecule has 0 aliphatic carbocycles. The summed E-state index contributed by atoms with van der Waals surface area (Å²) in [5, 5.41) is 6.74. The summed E-state index contributed by atoms with van der Waals surface area (Å²) in [7, 11) is 1.78. The average molecular weight is 408 g/mol. The summed E-state index contributed by atoms with van der Waals surface area (Å²) in [5.41, 5.74) is 0. The number of likely N-dealkylation sites (N-methyl/N-ethyl adjacent to an activating group) is 1. The summed E-state index contributed by atoms with van der Waals surface area (Å²) in [6.45, 7) is 14.9. The van der Waals surface area contributed by atoms with E-state index in [9.17, 15) is 4.39 Å². The van der Waals surface area contributed by atoms with Crippen LogP contribution in [0.1, 0.15) is 27.2 Å². The lowest BCUT2D eigenvalue weighted by Gasteiger charge is -2.35. The Hall–Kier alpha value is -1.86. The van der Waals surface area contributed by atoms with E-state index < -0.39 is 0 Å². The van der Waals surface area contributed by atoms with Gasteiger partial charge in [-0.25, -0.2) is 4.39 Å². The molecule has 2 unspecified atom stereocenters. The zero-order valence-corrected chi connectivity index (χ0v) is 18.5. The number of rotatable bonds is 10. The predicted molar refractivity (Wildman–Crippen MR) is 118 cm³/mol. The van der Waals surface area contributed by atoms with Gasteiger partial charge in [-0.15, -0.1) is 0 Å². The summed E-state index contributed by atoms with van der Waals surface area (Å²) in [6.07, 6.45) is 0.767. The van der Waals surface area contributed by atoms with Crippen LogP contribution in [0.25, 0.3) is 0 Å². The van der Waals surface area contributed by atoms with Crippen molar-refractivity contribution in [3.8, 4) is 5.75 Å². The summed E-state index contributed by atoms with van der Waals surface area (Å²) >= 11 is 0. The van der Waals surface area contributed by atoms with Crippen LogP contribution in [0, 0.1) is 11.7 Å². The van der Waals surface area contributed by atoms with Gasteiger partial charge in [0, 0.05) is 52.4 Å². The molecule has 0 bridgehead atoms. The highest BCUT2D eigenvalue weighted by Gasteiger charge is 2.17. The molecule has 1 saturated heterocycles. The second-order valence-corrected chi connectivity index (χ2v) is 7.78. The molecule has 0 radical (unpaired) electrons. The minimum Gasteiger partial charge on any atom is -0.489 e. The Labute approximate surface area is 175 Å². The van der Waals surface area contributed by atoms with Gasteiger partial charge in [0.25, 0.3) is 0 Å². The van der Waals surface area contributed by atoms with E-state index in [1.165, 1.54) is 25.2 Å². The summed E-state index contributed by atoms with van der Waals surface area (Å²) in [4.78, 5) is 9.37. The van der Waals surface area contributed by atoms with Gasteiger partial charge in [-0.05, 0) is 31.0 Å². The number of nitrogens with zero attached hydrogens (tertiary/aromatic N) is 3. The number of benzene rings is 1. The van der Waals surface area contributed by atoms with Gasteiger partial charge < -0.3 is 25.2 Å². The SMILES string of the molecule is CCC(CNC(=NC)NCC(C)CN1CCN(CC)CC1)Oc1cccc(F)c1. The molecule has 2 rings (SSSR count). The van der Waals surface area contributed by atoms with Crippen molar-refractivity contribution in [1.82, 2.24) is 20.4 Å². The molecule has 1 heterocycles. The molecule has 1 fully saturated rings. The normalized spacial score (nSPS) is 18.3. The van der Waals surface area contributed by atoms with Gasteiger partial charge in [0.2, 0.25) is 0 Å². The van der Waals surface area contributed by atoms with Crippen molar-refractivity contribution in [2.24, 2.45) is 10.9 Å². The van der Waals surface area contributed by atoms with E-state index in [-0.39, 0.29) is 11.9 Å². The van der Waals surface area contributed by atoms with Gasteiger partial charge in [-0.2, -0.15) is 0 Å². The summed E-state index contributed by atoms with van der Waals surface area (Å²) in [6, 6.07) is 6.27. The lowest BCUT2D eigenvalue weighted by atomic mass is 10.1. The molecule has 2 atom stereocenters. The Morgan fingerprint density at radius 1 is 1.14 bits per heavy atom. The molecule has 1 aromatic rings. The molecule has 2 N–H and O–H groups in total. The molecule has 164 valence electrons. The number of hydrogen-bond acceptors (Lipinski definition) is 4. The smallest absolute Gasteiger partial charge is 0.191 e. The predicted octanol–water partition coefficient (Wildman–Crippen LogP) is 2.42. The van der Waals surface area contributed by atoms with Gasteiger partial charge in [-0.1, -0.05) is 26.8 Å². The maximum Gasteiger partial charge on any atom is 0.191 e. The van der Waals surface area contributed by atoms with E-state index >= 15 is 0 Å². The molecule has 1 aromatic carbocycles. The van der Waals surface area contributed by atoms with Crippen LogP contribution in [0.15, 0.2) is 29.3 Å². The van der Waals surface area contributed by atoms with Crippen LogP contribution in [-0.4, -0.2) is 81.3 Å². The van der Waals surface area contributed by atoms with Crippen LogP contribution in [0.2, 0.25) is 0 Å². The first-order valence-corrected chi connectivity index (χ1v) is 10.9. The van der Waals surface area contributed by atoms with Gasteiger partial charge in [0.15, 0.2) is 5.96 Å². The zero-order chi connectivity index (χ0) is 21.1. The van der Waals surface area contributed by atoms with Crippen molar-refractivity contribution in [3.63, 3.8) is 0 Å². The minimum atomic E-state index is -0.284. The highest BCUT2D eigenvalue weighted by molar-refractivity contribution is 5.79. The largest absolute Gasteiger partial charge is 0.489 e. The van der Waals surface area contributed by atoms with Crippen molar-refractivity contribution in [2.45, 2.75) is 33.3 Å². The third kappa shape index (κ3) is 8.58. The first-order valence-electron chi connectivity index (χ1n) is 10.9. The maximum atomic E-state index is 13.3. The van der Waals surface area contributed by atoms with Gasteiger partial charge >= 0.3 is 0 Å². The van der Waals surface area contributed by atoms with Crippen molar-refractivity contribution < 1.29 is 9.13 Å². The van der Waals surface area contributed by atoms with E-state index in [1.807, 2.05) is 0 Å². The van der Waals surface area contributed by atoms with Crippen molar-refractivity contribution in [2.75, 3.05) is 59.4 Å². The molecule has 0 saturated carbocycles. The second kappa shape index (κ2) is 12.6. The average Bonchev–Trinajstić information content (AvgIpc) is 2.73. The van der Waals surface area contributed by atoms with Crippen LogP contribution >= 0.6 is 0 Å². The van der Waals surface area contributed by atoms with Crippen molar-refractivity contribution >= 4 is 5.96 Å². The lowest BCUT2D eigenvalue weighted by molar-refractivity contribution is 0.124. The Balaban J connectivity index is 1.69. The summed E-state index contributed by atoms with van der Waals surface area (Å²) < 4.78 is 19.2. The van der Waals surface area contributed by atoms with Gasteiger partial charge in [0.05, 0.1) is 6.54 Å². The first kappa shape index (κ1) is 23.4. The molecule has 7 heteroatoms. The molecule has 0 amide bonds. The monoisotopic (exact) mass is 407 g/mol. The fourth-order valence-electron chi connectivity index (χ4n) is 3.50. The number of hydrogen-bond donors (Lipinski definition) is 2. The molecular weight excluding hydrogens is 369 g/mol. The van der Waals surface area contributed by atoms with Crippen LogP contribution in [0.4, 0.5) is 4.39 Å². The highest BCUT2D eigenvalue weighted by Crippen LogP contribution is 2.14. The minimum absolute atomic E-state index is 0.0531. The quantitative estimate of drug-likeness (QED) is 0.461. The number of aliphatic imine (C=N–C) groups is 1. The second-order valence-electron chi connectivity index (χ2n) is 7.78. The van der Waals surface area contributed by atoms with Crippen LogP contribution in [0.3, 0.4) is 0 Å². The molecule has 0 spiro atoms. The number of ether oxygens (including phenoxy) is 1. The number of guanidine groups is 1. The van der Waals surface area contributed by atoms with Crippen molar-refractivity contribution in [1.29, 1.82) is 0 Å². The first-order chi connectivity index (χ1) is 14.0. The molecule has 29 heavy (non-hydrogen) atoms. The molecule has 1 aliphatic rings. The molecule has 0 aromatic heterocycles. The van der Waals surface area contributed by atoms with Crippen LogP contribution in [-0.2, 0) is 0 Å². The summed E-state index contributed by atoms with van der Waals surface area (Å²) in [5.74, 6) is 1.58. The molecule has 6 nitrogen and oxygen atoms in total. The van der Waals surface area contributed by atoms with Crippen LogP contribution in [0.5, 0.6) is 5.75 Å². The maximum absolute atomic E-state index is 13.3. The van der Waals surface area contributed by atoms with E-state index in [1.54, 1.807) is 19.2 Å². The third-order valence-electron chi connectivity index (χ3n) is 5.37. The number of halogens is 1. The number of nitrogens with one attached hydrogen (secondary N) is 2. The highest BCUT2D eigenvalue weighted by atomic mass is 19.1. The molecule has 1 aliphatic heterocycles. The Kier molecular flexibility index (Phi) is 10.2. The fourth-order valence-corrected chi connectivity index (χ4v) is 3.50. The van der Waals surface area contributed by atoms with Gasteiger partial charge in [-0.3, -0.25) is 4.99 Å².